The van der Waals surface area contributed by atoms with Crippen LogP contribution in [0.1, 0.15) is 26.3 Å². The van der Waals surface area contributed by atoms with Gasteiger partial charge in [-0.15, -0.1) is 0 Å². The highest BCUT2D eigenvalue weighted by molar-refractivity contribution is 7.80. The summed E-state index contributed by atoms with van der Waals surface area (Å²) in [4.78, 5) is 6.84. The van der Waals surface area contributed by atoms with Crippen LogP contribution in [0.15, 0.2) is 71.9 Å². The Morgan fingerprint density at radius 2 is 1.91 bits per heavy atom. The van der Waals surface area contributed by atoms with E-state index in [9.17, 15) is 0 Å². The van der Waals surface area contributed by atoms with Crippen molar-refractivity contribution in [2.75, 3.05) is 13.1 Å². The van der Waals surface area contributed by atoms with Gasteiger partial charge >= 0.3 is 0 Å². The van der Waals surface area contributed by atoms with Gasteiger partial charge in [0.15, 0.2) is 5.11 Å². The van der Waals surface area contributed by atoms with Crippen LogP contribution in [0, 0.1) is 0 Å². The fraction of sp³-hybridized carbons (Fsp3) is 0.263. The van der Waals surface area contributed by atoms with Crippen LogP contribution < -0.4 is 5.32 Å². The van der Waals surface area contributed by atoms with Crippen LogP contribution in [0.5, 0.6) is 0 Å². The lowest BCUT2D eigenvalue weighted by molar-refractivity contribution is 0.467. The molecule has 0 amide bonds. The van der Waals surface area contributed by atoms with Gasteiger partial charge < -0.3 is 10.2 Å². The summed E-state index contributed by atoms with van der Waals surface area (Å²) in [5.41, 5.74) is 1.92. The Kier molecular flexibility index (Phi) is 8.62. The molecule has 0 aliphatic heterocycles. The molecular formula is C19H25N3S. The molecule has 0 radical (unpaired) electrons. The quantitative estimate of drug-likeness (QED) is 0.365. The van der Waals surface area contributed by atoms with Crippen LogP contribution in [0.2, 0.25) is 0 Å². The van der Waals surface area contributed by atoms with E-state index in [1.165, 1.54) is 0 Å². The summed E-state index contributed by atoms with van der Waals surface area (Å²) in [6.07, 6.45) is 7.46. The molecule has 1 aromatic rings. The fourth-order valence-electron chi connectivity index (χ4n) is 2.12. The van der Waals surface area contributed by atoms with Crippen molar-refractivity contribution in [1.29, 1.82) is 0 Å². The summed E-state index contributed by atoms with van der Waals surface area (Å²) < 4.78 is 0. The molecule has 0 atom stereocenters. The zero-order valence-electron chi connectivity index (χ0n) is 14.1. The predicted molar refractivity (Wildman–Crippen MR) is 105 cm³/mol. The molecule has 1 N–H and O–H groups in total. The molecule has 1 aromatic carbocycles. The summed E-state index contributed by atoms with van der Waals surface area (Å²) in [6, 6.07) is 10.1. The molecule has 23 heavy (non-hydrogen) atoms. The maximum Gasteiger partial charge on any atom is 0.199 e. The van der Waals surface area contributed by atoms with Crippen LogP contribution in [-0.4, -0.2) is 28.9 Å². The first-order valence-corrected chi connectivity index (χ1v) is 8.22. The van der Waals surface area contributed by atoms with Gasteiger partial charge in [-0.05, 0) is 45.1 Å². The van der Waals surface area contributed by atoms with Crippen molar-refractivity contribution < 1.29 is 0 Å². The lowest BCUT2D eigenvalue weighted by Gasteiger charge is -2.23. The average Bonchev–Trinajstić information content (AvgIpc) is 2.56. The Morgan fingerprint density at radius 3 is 2.43 bits per heavy atom. The van der Waals surface area contributed by atoms with Gasteiger partial charge in [0, 0.05) is 24.4 Å². The van der Waals surface area contributed by atoms with Crippen molar-refractivity contribution in [2.45, 2.75) is 20.8 Å². The molecule has 0 saturated heterocycles. The van der Waals surface area contributed by atoms with E-state index in [1.54, 1.807) is 6.08 Å². The molecule has 4 heteroatoms. The van der Waals surface area contributed by atoms with E-state index < -0.39 is 0 Å². The van der Waals surface area contributed by atoms with E-state index in [4.69, 9.17) is 12.2 Å². The second-order valence-corrected chi connectivity index (χ2v) is 5.15. The molecule has 0 unspecified atom stereocenters. The third-order valence-electron chi connectivity index (χ3n) is 3.20. The standard InChI is InChI=1S/C19H25N3S/c1-5-12-17(13-6-2)20-19(23)21-18(22(7-3)8-4)16-14-10-9-11-15-16/h5-6,9-15H,1,7-8H2,2-4H3,(H,20,23)/b13-6-,17-12+,21-18?. The SMILES string of the molecule is C=C/C=C(\C=C/C)NC(=S)N=C(c1ccccc1)N(CC)CC. The normalized spacial score (nSPS) is 12.3. The lowest BCUT2D eigenvalue weighted by atomic mass is 10.2. The van der Waals surface area contributed by atoms with Gasteiger partial charge in [-0.25, -0.2) is 4.99 Å². The Hall–Kier alpha value is -2.20. The monoisotopic (exact) mass is 327 g/mol. The van der Waals surface area contributed by atoms with Crippen LogP contribution in [0.3, 0.4) is 0 Å². The molecule has 0 aliphatic carbocycles. The van der Waals surface area contributed by atoms with Crippen LogP contribution in [0.4, 0.5) is 0 Å². The number of rotatable bonds is 6. The second-order valence-electron chi connectivity index (χ2n) is 4.76. The van der Waals surface area contributed by atoms with Gasteiger partial charge in [0.1, 0.15) is 5.84 Å². The minimum absolute atomic E-state index is 0.432. The minimum atomic E-state index is 0.432. The minimum Gasteiger partial charge on any atom is -0.357 e. The van der Waals surface area contributed by atoms with Crippen molar-refractivity contribution in [3.8, 4) is 0 Å². The molecule has 0 heterocycles. The third kappa shape index (κ3) is 6.20. The van der Waals surface area contributed by atoms with Crippen LogP contribution in [-0.2, 0) is 0 Å². The van der Waals surface area contributed by atoms with Crippen LogP contribution >= 0.6 is 12.2 Å². The second kappa shape index (κ2) is 10.5. The molecule has 0 spiro atoms. The van der Waals surface area contributed by atoms with Gasteiger partial charge in [-0.2, -0.15) is 0 Å². The average molecular weight is 327 g/mol. The molecule has 0 aromatic heterocycles. The van der Waals surface area contributed by atoms with Gasteiger partial charge in [0.05, 0.1) is 0 Å². The Labute approximate surface area is 145 Å². The number of hydrogen-bond donors (Lipinski definition) is 1. The highest BCUT2D eigenvalue weighted by atomic mass is 32.1. The summed E-state index contributed by atoms with van der Waals surface area (Å²) in [5, 5.41) is 3.57. The fourth-order valence-corrected chi connectivity index (χ4v) is 2.33. The van der Waals surface area contributed by atoms with Gasteiger partial charge in [0.25, 0.3) is 0 Å². The molecule has 0 saturated carbocycles. The van der Waals surface area contributed by atoms with E-state index in [2.05, 4.69) is 35.6 Å². The molecule has 0 aliphatic rings. The third-order valence-corrected chi connectivity index (χ3v) is 3.39. The number of benzene rings is 1. The van der Waals surface area contributed by atoms with Gasteiger partial charge in [0.2, 0.25) is 0 Å². The topological polar surface area (TPSA) is 27.6 Å². The number of allylic oxidation sites excluding steroid dienone is 4. The molecule has 3 nitrogen and oxygen atoms in total. The summed E-state index contributed by atoms with van der Waals surface area (Å²) in [5.74, 6) is 0.881. The van der Waals surface area contributed by atoms with Gasteiger partial charge in [-0.1, -0.05) is 49.1 Å². The van der Waals surface area contributed by atoms with Crippen molar-refractivity contribution in [1.82, 2.24) is 10.2 Å². The Morgan fingerprint density at radius 1 is 1.26 bits per heavy atom. The number of nitrogens with zero attached hydrogens (tertiary/aromatic N) is 2. The number of amidine groups is 1. The summed E-state index contributed by atoms with van der Waals surface area (Å²) >= 11 is 5.42. The first-order chi connectivity index (χ1) is 11.2. The zero-order chi connectivity index (χ0) is 17.1. The highest BCUT2D eigenvalue weighted by Crippen LogP contribution is 2.07. The number of nitrogens with one attached hydrogen (secondary N) is 1. The van der Waals surface area contributed by atoms with Crippen molar-refractivity contribution in [2.24, 2.45) is 4.99 Å². The molecule has 0 fully saturated rings. The first kappa shape index (κ1) is 18.8. The smallest absolute Gasteiger partial charge is 0.199 e. The number of aliphatic imine (C=N–C) groups is 1. The Bertz CT molecular complexity index is 596. The maximum absolute atomic E-state index is 5.42. The Balaban J connectivity index is 3.11. The molecule has 0 bridgehead atoms. The van der Waals surface area contributed by atoms with Crippen molar-refractivity contribution in [3.63, 3.8) is 0 Å². The highest BCUT2D eigenvalue weighted by Gasteiger charge is 2.11. The van der Waals surface area contributed by atoms with Crippen molar-refractivity contribution in [3.05, 3.63) is 72.5 Å². The molecular weight excluding hydrogens is 302 g/mol. The maximum atomic E-state index is 5.42. The lowest BCUT2D eigenvalue weighted by Crippen LogP contribution is -2.33. The number of hydrogen-bond acceptors (Lipinski definition) is 1. The molecule has 122 valence electrons. The zero-order valence-corrected chi connectivity index (χ0v) is 14.9. The van der Waals surface area contributed by atoms with E-state index >= 15 is 0 Å². The number of thiocarbonyl (C=S) groups is 1. The van der Waals surface area contributed by atoms with Crippen molar-refractivity contribution >= 4 is 23.2 Å². The van der Waals surface area contributed by atoms with E-state index in [1.807, 2.05) is 55.5 Å². The first-order valence-electron chi connectivity index (χ1n) is 7.81. The van der Waals surface area contributed by atoms with Crippen LogP contribution in [0.25, 0.3) is 0 Å². The van der Waals surface area contributed by atoms with E-state index in [0.29, 0.717) is 5.11 Å². The summed E-state index contributed by atoms with van der Waals surface area (Å²) in [6.45, 7) is 11.6. The molecule has 1 rings (SSSR count). The van der Waals surface area contributed by atoms with E-state index in [0.717, 1.165) is 30.2 Å². The summed E-state index contributed by atoms with van der Waals surface area (Å²) in [7, 11) is 0. The largest absolute Gasteiger partial charge is 0.357 e. The predicted octanol–water partition coefficient (Wildman–Crippen LogP) is 4.30. The van der Waals surface area contributed by atoms with Gasteiger partial charge in [-0.3, -0.25) is 0 Å². The van der Waals surface area contributed by atoms with E-state index in [-0.39, 0.29) is 0 Å².